The molecule has 2 heterocycles. The van der Waals surface area contributed by atoms with Gasteiger partial charge in [0.2, 0.25) is 0 Å². The number of anilines is 1. The molecule has 0 saturated carbocycles. The van der Waals surface area contributed by atoms with Crippen LogP contribution in [0.4, 0.5) is 11.4 Å². The second-order valence-electron chi connectivity index (χ2n) is 4.84. The number of benzene rings is 2. The molecule has 4 rings (SSSR count). The number of hydrogen-bond donors (Lipinski definition) is 3. The molecule has 0 spiro atoms. The maximum Gasteiger partial charge on any atom is 0.281 e. The molecular formula is C14H10Br2N6O2. The Kier molecular flexibility index (Phi) is 4.49. The fraction of sp³-hybridized carbons (Fsp3) is 0. The monoisotopic (exact) mass is 452 g/mol. The molecule has 0 unspecified atom stereocenters. The van der Waals surface area contributed by atoms with Gasteiger partial charge in [0.1, 0.15) is 0 Å². The van der Waals surface area contributed by atoms with Gasteiger partial charge in [-0.1, -0.05) is 31.9 Å². The summed E-state index contributed by atoms with van der Waals surface area (Å²) in [5.74, 6) is 0. The summed E-state index contributed by atoms with van der Waals surface area (Å²) >= 11 is 6.52. The molecule has 0 saturated heterocycles. The minimum Gasteiger partial charge on any atom is -0.398 e. The first-order chi connectivity index (χ1) is 11.5. The fourth-order valence-corrected chi connectivity index (χ4v) is 3.11. The lowest BCUT2D eigenvalue weighted by atomic mass is 10.2. The van der Waals surface area contributed by atoms with E-state index in [0.29, 0.717) is 15.4 Å². The topological polar surface area (TPSA) is 127 Å². The summed E-state index contributed by atoms with van der Waals surface area (Å²) in [7, 11) is 0. The number of hydrogen-bond acceptors (Lipinski definition) is 5. The van der Waals surface area contributed by atoms with Gasteiger partial charge < -0.3 is 5.73 Å². The molecule has 24 heavy (non-hydrogen) atoms. The Labute approximate surface area is 151 Å². The minimum absolute atomic E-state index is 0.0538. The van der Waals surface area contributed by atoms with Gasteiger partial charge in [-0.15, -0.1) is 0 Å². The van der Waals surface area contributed by atoms with E-state index in [9.17, 15) is 10.1 Å². The molecule has 0 atom stereocenters. The number of fused-ring (bicyclic) bond motifs is 2. The number of aromatic nitrogens is 4. The molecule has 4 aromatic rings. The molecule has 2 aromatic heterocycles. The standard InChI is InChI=1S/C7H4BrN3O2.C7H6BrN3/c8-4-1-6-5(3-9-10-6)7(2-4)11(12)13;8-4-1-6(9)5-3-10-11-7(5)2-4/h1-3H,(H,9,10);1-3H,9H2,(H,10,11). The van der Waals surface area contributed by atoms with Gasteiger partial charge in [0, 0.05) is 26.1 Å². The van der Waals surface area contributed by atoms with Crippen molar-refractivity contribution in [2.75, 3.05) is 5.73 Å². The van der Waals surface area contributed by atoms with E-state index in [1.165, 1.54) is 12.3 Å². The maximum atomic E-state index is 10.6. The Balaban J connectivity index is 0.000000143. The van der Waals surface area contributed by atoms with Crippen LogP contribution in [-0.4, -0.2) is 25.3 Å². The number of nitro groups is 1. The second-order valence-corrected chi connectivity index (χ2v) is 6.67. The molecular weight excluding hydrogens is 444 g/mol. The summed E-state index contributed by atoms with van der Waals surface area (Å²) in [5.41, 5.74) is 8.11. The van der Waals surface area contributed by atoms with Crippen LogP contribution in [-0.2, 0) is 0 Å². The van der Waals surface area contributed by atoms with Crippen molar-refractivity contribution >= 4 is 65.0 Å². The van der Waals surface area contributed by atoms with Gasteiger partial charge >= 0.3 is 0 Å². The van der Waals surface area contributed by atoms with Gasteiger partial charge in [0.25, 0.3) is 5.69 Å². The van der Waals surface area contributed by atoms with Gasteiger partial charge in [-0.25, -0.2) is 0 Å². The van der Waals surface area contributed by atoms with Crippen LogP contribution in [0.1, 0.15) is 0 Å². The number of nitrogens with one attached hydrogen (secondary N) is 2. The molecule has 8 nitrogen and oxygen atoms in total. The Morgan fingerprint density at radius 2 is 1.50 bits per heavy atom. The van der Waals surface area contributed by atoms with E-state index in [-0.39, 0.29) is 5.69 Å². The third-order valence-corrected chi connectivity index (χ3v) is 4.17. The molecule has 0 fully saturated rings. The molecule has 0 aliphatic heterocycles. The quantitative estimate of drug-likeness (QED) is 0.227. The predicted molar refractivity (Wildman–Crippen MR) is 98.7 cm³/mol. The van der Waals surface area contributed by atoms with Crippen molar-refractivity contribution in [3.8, 4) is 0 Å². The molecule has 0 aliphatic rings. The number of aromatic amines is 2. The average molecular weight is 454 g/mol. The van der Waals surface area contributed by atoms with E-state index < -0.39 is 4.92 Å². The summed E-state index contributed by atoms with van der Waals surface area (Å²) < 4.78 is 1.63. The van der Waals surface area contributed by atoms with E-state index >= 15 is 0 Å². The van der Waals surface area contributed by atoms with E-state index in [1.807, 2.05) is 12.1 Å². The maximum absolute atomic E-state index is 10.6. The highest BCUT2D eigenvalue weighted by Crippen LogP contribution is 2.28. The third kappa shape index (κ3) is 3.24. The van der Waals surface area contributed by atoms with Crippen molar-refractivity contribution in [3.63, 3.8) is 0 Å². The van der Waals surface area contributed by atoms with Crippen LogP contribution in [0, 0.1) is 10.1 Å². The first-order valence-electron chi connectivity index (χ1n) is 6.61. The Hall–Kier alpha value is -2.46. The minimum atomic E-state index is -0.428. The lowest BCUT2D eigenvalue weighted by Gasteiger charge is -1.95. The van der Waals surface area contributed by atoms with Crippen LogP contribution < -0.4 is 5.73 Å². The van der Waals surface area contributed by atoms with E-state index in [2.05, 4.69) is 52.3 Å². The molecule has 0 amide bonds. The molecule has 122 valence electrons. The number of H-pyrrole nitrogens is 2. The number of halogens is 2. The molecule has 2 aromatic carbocycles. The largest absolute Gasteiger partial charge is 0.398 e. The number of rotatable bonds is 1. The number of nitro benzene ring substituents is 1. The number of nitrogens with zero attached hydrogens (tertiary/aromatic N) is 3. The first kappa shape index (κ1) is 16.4. The Morgan fingerprint density at radius 1 is 0.958 bits per heavy atom. The summed E-state index contributed by atoms with van der Waals surface area (Å²) in [5, 5.41) is 25.2. The average Bonchev–Trinajstić information content (AvgIpc) is 3.15. The molecule has 4 N–H and O–H groups in total. The summed E-state index contributed by atoms with van der Waals surface area (Å²) in [6.07, 6.45) is 3.16. The fourth-order valence-electron chi connectivity index (χ4n) is 2.19. The highest BCUT2D eigenvalue weighted by atomic mass is 79.9. The van der Waals surface area contributed by atoms with Crippen LogP contribution in [0.25, 0.3) is 21.8 Å². The van der Waals surface area contributed by atoms with Gasteiger partial charge in [0.05, 0.1) is 33.7 Å². The van der Waals surface area contributed by atoms with Crippen LogP contribution in [0.2, 0.25) is 0 Å². The van der Waals surface area contributed by atoms with Crippen LogP contribution in [0.15, 0.2) is 45.6 Å². The van der Waals surface area contributed by atoms with E-state index in [0.717, 1.165) is 21.1 Å². The van der Waals surface area contributed by atoms with Crippen molar-refractivity contribution in [2.24, 2.45) is 0 Å². The number of non-ortho nitro benzene ring substituents is 1. The van der Waals surface area contributed by atoms with Crippen molar-refractivity contribution in [1.29, 1.82) is 0 Å². The normalized spacial score (nSPS) is 10.6. The first-order valence-corrected chi connectivity index (χ1v) is 8.19. The second kappa shape index (κ2) is 6.57. The van der Waals surface area contributed by atoms with Crippen LogP contribution >= 0.6 is 31.9 Å². The highest BCUT2D eigenvalue weighted by molar-refractivity contribution is 9.10. The number of nitrogens with two attached hydrogens (primary N) is 1. The molecule has 0 radical (unpaired) electrons. The molecule has 0 aliphatic carbocycles. The van der Waals surface area contributed by atoms with Gasteiger partial charge in [-0.2, -0.15) is 10.2 Å². The van der Waals surface area contributed by atoms with E-state index in [1.54, 1.807) is 12.3 Å². The molecule has 10 heteroatoms. The summed E-state index contributed by atoms with van der Waals surface area (Å²) in [4.78, 5) is 10.2. The van der Waals surface area contributed by atoms with Crippen molar-refractivity contribution < 1.29 is 4.92 Å². The Morgan fingerprint density at radius 3 is 2.12 bits per heavy atom. The number of nitrogen functional groups attached to an aromatic ring is 1. The van der Waals surface area contributed by atoms with Crippen LogP contribution in [0.3, 0.4) is 0 Å². The zero-order chi connectivity index (χ0) is 17.3. The van der Waals surface area contributed by atoms with Crippen molar-refractivity contribution in [3.05, 3.63) is 55.7 Å². The zero-order valence-corrected chi connectivity index (χ0v) is 15.1. The van der Waals surface area contributed by atoms with E-state index in [4.69, 9.17) is 5.73 Å². The third-order valence-electron chi connectivity index (χ3n) is 3.25. The van der Waals surface area contributed by atoms with Gasteiger partial charge in [0.15, 0.2) is 0 Å². The van der Waals surface area contributed by atoms with Crippen LogP contribution in [0.5, 0.6) is 0 Å². The SMILES string of the molecule is Nc1cc(Br)cc2[nH]ncc12.O=[N+]([O-])c1cc(Br)cc2[nH]ncc12. The zero-order valence-electron chi connectivity index (χ0n) is 12.0. The summed E-state index contributed by atoms with van der Waals surface area (Å²) in [6.45, 7) is 0. The van der Waals surface area contributed by atoms with Gasteiger partial charge in [-0.05, 0) is 18.2 Å². The highest BCUT2D eigenvalue weighted by Gasteiger charge is 2.13. The van der Waals surface area contributed by atoms with Crippen molar-refractivity contribution in [1.82, 2.24) is 20.4 Å². The molecule has 0 bridgehead atoms. The summed E-state index contributed by atoms with van der Waals surface area (Å²) in [6, 6.07) is 7.00. The smallest absolute Gasteiger partial charge is 0.281 e. The predicted octanol–water partition coefficient (Wildman–Crippen LogP) is 4.14. The van der Waals surface area contributed by atoms with Gasteiger partial charge in [-0.3, -0.25) is 20.3 Å². The Bertz CT molecular complexity index is 1040. The van der Waals surface area contributed by atoms with Crippen molar-refractivity contribution in [2.45, 2.75) is 0 Å². The lowest BCUT2D eigenvalue weighted by molar-refractivity contribution is -0.383. The lowest BCUT2D eigenvalue weighted by Crippen LogP contribution is -1.88.